The number of halogens is 1. The molecular formula is C18H18FNO3S. The number of thioether (sulfide) groups is 1. The van der Waals surface area contributed by atoms with E-state index in [4.69, 9.17) is 9.47 Å². The normalized spacial score (nSPS) is 17.0. The summed E-state index contributed by atoms with van der Waals surface area (Å²) in [6, 6.07) is 11.3. The minimum atomic E-state index is -0.414. The highest BCUT2D eigenvalue weighted by molar-refractivity contribution is 7.99. The highest BCUT2D eigenvalue weighted by atomic mass is 32.2. The molecule has 126 valence electrons. The predicted molar refractivity (Wildman–Crippen MR) is 92.2 cm³/mol. The molecule has 1 aliphatic heterocycles. The molecule has 4 nitrogen and oxygen atoms in total. The van der Waals surface area contributed by atoms with Crippen molar-refractivity contribution in [2.75, 3.05) is 26.5 Å². The Bertz CT molecular complexity index is 753. The Kier molecular flexibility index (Phi) is 4.94. The molecule has 1 saturated heterocycles. The van der Waals surface area contributed by atoms with Gasteiger partial charge in [-0.15, -0.1) is 11.8 Å². The van der Waals surface area contributed by atoms with Crippen LogP contribution < -0.4 is 9.47 Å². The first-order valence-corrected chi connectivity index (χ1v) is 8.59. The molecule has 0 spiro atoms. The number of nitrogens with zero attached hydrogens (tertiary/aromatic N) is 1. The number of hydrogen-bond acceptors (Lipinski definition) is 4. The van der Waals surface area contributed by atoms with E-state index in [9.17, 15) is 9.18 Å². The number of amides is 1. The van der Waals surface area contributed by atoms with Crippen LogP contribution in [0, 0.1) is 5.82 Å². The van der Waals surface area contributed by atoms with Crippen LogP contribution in [0.15, 0.2) is 42.5 Å². The first-order valence-electron chi connectivity index (χ1n) is 7.54. The third kappa shape index (κ3) is 3.19. The SMILES string of the molecule is COc1ccc(OC)c(C2SCCN2C(=O)c2cccc(F)c2)c1. The Labute approximate surface area is 144 Å². The fraction of sp³-hybridized carbons (Fsp3) is 0.278. The maximum atomic E-state index is 13.4. The van der Waals surface area contributed by atoms with Gasteiger partial charge in [0.1, 0.15) is 22.7 Å². The fourth-order valence-electron chi connectivity index (χ4n) is 2.76. The van der Waals surface area contributed by atoms with Crippen molar-refractivity contribution in [3.05, 3.63) is 59.4 Å². The lowest BCUT2D eigenvalue weighted by molar-refractivity contribution is 0.0758. The smallest absolute Gasteiger partial charge is 0.255 e. The maximum absolute atomic E-state index is 13.4. The van der Waals surface area contributed by atoms with Crippen molar-refractivity contribution < 1.29 is 18.7 Å². The minimum Gasteiger partial charge on any atom is -0.497 e. The van der Waals surface area contributed by atoms with E-state index in [1.807, 2.05) is 18.2 Å². The van der Waals surface area contributed by atoms with Crippen LogP contribution in [0.4, 0.5) is 4.39 Å². The van der Waals surface area contributed by atoms with Crippen LogP contribution in [-0.2, 0) is 0 Å². The van der Waals surface area contributed by atoms with Crippen LogP contribution in [0.2, 0.25) is 0 Å². The molecule has 1 unspecified atom stereocenters. The molecule has 0 aliphatic carbocycles. The number of hydrogen-bond donors (Lipinski definition) is 0. The second kappa shape index (κ2) is 7.13. The van der Waals surface area contributed by atoms with E-state index >= 15 is 0 Å². The van der Waals surface area contributed by atoms with Crippen molar-refractivity contribution in [1.82, 2.24) is 4.90 Å². The fourth-order valence-corrected chi connectivity index (χ4v) is 4.03. The van der Waals surface area contributed by atoms with Crippen LogP contribution in [0.25, 0.3) is 0 Å². The van der Waals surface area contributed by atoms with Gasteiger partial charge in [-0.2, -0.15) is 0 Å². The van der Waals surface area contributed by atoms with E-state index in [0.29, 0.717) is 23.6 Å². The molecule has 3 rings (SSSR count). The molecule has 0 aromatic heterocycles. The highest BCUT2D eigenvalue weighted by Gasteiger charge is 2.33. The van der Waals surface area contributed by atoms with Crippen LogP contribution in [0.5, 0.6) is 11.5 Å². The van der Waals surface area contributed by atoms with Crippen LogP contribution in [0.1, 0.15) is 21.3 Å². The zero-order valence-electron chi connectivity index (χ0n) is 13.5. The van der Waals surface area contributed by atoms with Gasteiger partial charge in [0, 0.05) is 23.4 Å². The van der Waals surface area contributed by atoms with Gasteiger partial charge in [-0.05, 0) is 36.4 Å². The number of carbonyl (C=O) groups excluding carboxylic acids is 1. The zero-order valence-corrected chi connectivity index (χ0v) is 14.3. The monoisotopic (exact) mass is 347 g/mol. The lowest BCUT2D eigenvalue weighted by Crippen LogP contribution is -2.30. The van der Waals surface area contributed by atoms with Crippen molar-refractivity contribution in [2.45, 2.75) is 5.37 Å². The number of methoxy groups -OCH3 is 2. The predicted octanol–water partition coefficient (Wildman–Crippen LogP) is 3.73. The summed E-state index contributed by atoms with van der Waals surface area (Å²) in [5.41, 5.74) is 1.23. The van der Waals surface area contributed by atoms with Crippen LogP contribution in [0.3, 0.4) is 0 Å². The molecule has 1 amide bonds. The van der Waals surface area contributed by atoms with E-state index in [1.165, 1.54) is 12.1 Å². The standard InChI is InChI=1S/C18H18FNO3S/c1-22-14-6-7-16(23-2)15(11-14)18-20(8-9-24-18)17(21)12-4-3-5-13(19)10-12/h3-7,10-11,18H,8-9H2,1-2H3. The molecule has 2 aromatic carbocycles. The Morgan fingerprint density at radius 3 is 2.75 bits per heavy atom. The Balaban J connectivity index is 1.95. The Morgan fingerprint density at radius 2 is 2.04 bits per heavy atom. The van der Waals surface area contributed by atoms with Gasteiger partial charge < -0.3 is 14.4 Å². The van der Waals surface area contributed by atoms with E-state index in [1.54, 1.807) is 43.0 Å². The highest BCUT2D eigenvalue weighted by Crippen LogP contribution is 2.43. The van der Waals surface area contributed by atoms with Gasteiger partial charge in [0.25, 0.3) is 5.91 Å². The van der Waals surface area contributed by atoms with E-state index in [0.717, 1.165) is 11.3 Å². The molecule has 1 atom stereocenters. The molecule has 0 N–H and O–H groups in total. The zero-order chi connectivity index (χ0) is 17.1. The molecule has 1 fully saturated rings. The van der Waals surface area contributed by atoms with E-state index < -0.39 is 5.82 Å². The van der Waals surface area contributed by atoms with Gasteiger partial charge in [0.15, 0.2) is 0 Å². The summed E-state index contributed by atoms with van der Waals surface area (Å²) in [7, 11) is 3.20. The average molecular weight is 347 g/mol. The van der Waals surface area contributed by atoms with Crippen molar-refractivity contribution in [1.29, 1.82) is 0 Å². The number of ether oxygens (including phenoxy) is 2. The van der Waals surface area contributed by atoms with Gasteiger partial charge in [0.05, 0.1) is 14.2 Å². The largest absolute Gasteiger partial charge is 0.497 e. The van der Waals surface area contributed by atoms with Crippen molar-refractivity contribution in [3.63, 3.8) is 0 Å². The van der Waals surface area contributed by atoms with Gasteiger partial charge in [-0.3, -0.25) is 4.79 Å². The van der Waals surface area contributed by atoms with Gasteiger partial charge in [0.2, 0.25) is 0 Å². The van der Waals surface area contributed by atoms with Gasteiger partial charge >= 0.3 is 0 Å². The number of benzene rings is 2. The maximum Gasteiger partial charge on any atom is 0.255 e. The van der Waals surface area contributed by atoms with E-state index in [2.05, 4.69) is 0 Å². The molecule has 6 heteroatoms. The molecule has 0 bridgehead atoms. The quantitative estimate of drug-likeness (QED) is 0.845. The summed E-state index contributed by atoms with van der Waals surface area (Å²) >= 11 is 1.66. The Hall–Kier alpha value is -2.21. The minimum absolute atomic E-state index is 0.186. The number of carbonyl (C=O) groups is 1. The summed E-state index contributed by atoms with van der Waals surface area (Å²) in [5.74, 6) is 1.62. The summed E-state index contributed by atoms with van der Waals surface area (Å²) in [6.07, 6.45) is 0. The lowest BCUT2D eigenvalue weighted by atomic mass is 10.1. The molecule has 1 aliphatic rings. The third-order valence-electron chi connectivity index (χ3n) is 3.93. The van der Waals surface area contributed by atoms with Crippen molar-refractivity contribution >= 4 is 17.7 Å². The topological polar surface area (TPSA) is 38.8 Å². The summed E-state index contributed by atoms with van der Waals surface area (Å²) in [4.78, 5) is 14.6. The Morgan fingerprint density at radius 1 is 1.21 bits per heavy atom. The molecule has 1 heterocycles. The van der Waals surface area contributed by atoms with E-state index in [-0.39, 0.29) is 11.3 Å². The first kappa shape index (κ1) is 16.6. The number of rotatable bonds is 4. The summed E-state index contributed by atoms with van der Waals surface area (Å²) < 4.78 is 24.2. The van der Waals surface area contributed by atoms with Crippen molar-refractivity contribution in [3.8, 4) is 11.5 Å². The molecule has 2 aromatic rings. The van der Waals surface area contributed by atoms with Crippen LogP contribution in [-0.4, -0.2) is 37.3 Å². The molecule has 0 saturated carbocycles. The first-order chi connectivity index (χ1) is 11.6. The third-order valence-corrected chi connectivity index (χ3v) is 5.17. The summed E-state index contributed by atoms with van der Waals surface area (Å²) in [6.45, 7) is 0.602. The lowest BCUT2D eigenvalue weighted by Gasteiger charge is -2.26. The van der Waals surface area contributed by atoms with Gasteiger partial charge in [-0.1, -0.05) is 6.07 Å². The van der Waals surface area contributed by atoms with Crippen LogP contribution >= 0.6 is 11.8 Å². The van der Waals surface area contributed by atoms with Crippen molar-refractivity contribution in [2.24, 2.45) is 0 Å². The second-order valence-electron chi connectivity index (χ2n) is 5.34. The summed E-state index contributed by atoms with van der Waals surface area (Å²) in [5, 5.41) is -0.189. The average Bonchev–Trinajstić information content (AvgIpc) is 3.10. The second-order valence-corrected chi connectivity index (χ2v) is 6.53. The molecular weight excluding hydrogens is 329 g/mol. The van der Waals surface area contributed by atoms with Gasteiger partial charge in [-0.25, -0.2) is 4.39 Å². The molecule has 24 heavy (non-hydrogen) atoms. The molecule has 0 radical (unpaired) electrons.